The minimum absolute atomic E-state index is 0.0869. The Morgan fingerprint density at radius 1 is 1.15 bits per heavy atom. The molecule has 0 spiro atoms. The molecule has 27 heavy (non-hydrogen) atoms. The standard InChI is InChI=1S/C20H21N3O4/c1-4-25-17-10-9-15(11-18(17)24-3)12-21-26-13-19-22-20(23-27-19)16-8-6-5-7-14(16)2/h5-12H,4,13H2,1-3H3/b21-12-. The highest BCUT2D eigenvalue weighted by Crippen LogP contribution is 2.27. The van der Waals surface area contributed by atoms with Gasteiger partial charge in [0.2, 0.25) is 5.82 Å². The van der Waals surface area contributed by atoms with Crippen LogP contribution in [0.4, 0.5) is 0 Å². The van der Waals surface area contributed by atoms with E-state index in [1.165, 1.54) is 0 Å². The number of ether oxygens (including phenoxy) is 2. The van der Waals surface area contributed by atoms with Crippen LogP contribution in [0.5, 0.6) is 11.5 Å². The fraction of sp³-hybridized carbons (Fsp3) is 0.250. The molecule has 0 amide bonds. The second-order valence-electron chi connectivity index (χ2n) is 5.68. The minimum atomic E-state index is 0.0869. The number of aromatic nitrogens is 2. The Kier molecular flexibility index (Phi) is 6.04. The molecule has 1 heterocycles. The van der Waals surface area contributed by atoms with E-state index in [0.29, 0.717) is 29.8 Å². The summed E-state index contributed by atoms with van der Waals surface area (Å²) in [5.41, 5.74) is 2.83. The number of oxime groups is 1. The first-order valence-corrected chi connectivity index (χ1v) is 8.56. The van der Waals surface area contributed by atoms with E-state index in [1.807, 2.05) is 56.3 Å². The fourth-order valence-corrected chi connectivity index (χ4v) is 2.48. The first kappa shape index (κ1) is 18.4. The molecule has 0 bridgehead atoms. The van der Waals surface area contributed by atoms with Gasteiger partial charge in [0.1, 0.15) is 0 Å². The number of benzene rings is 2. The van der Waals surface area contributed by atoms with Gasteiger partial charge in [0.05, 0.1) is 19.9 Å². The van der Waals surface area contributed by atoms with Crippen molar-refractivity contribution >= 4 is 6.21 Å². The predicted octanol–water partition coefficient (Wildman–Crippen LogP) is 4.00. The lowest BCUT2D eigenvalue weighted by molar-refractivity contribution is 0.107. The Balaban J connectivity index is 1.59. The third-order valence-corrected chi connectivity index (χ3v) is 3.81. The average Bonchev–Trinajstić information content (AvgIpc) is 3.15. The molecular weight excluding hydrogens is 346 g/mol. The molecule has 2 aromatic carbocycles. The molecule has 0 radical (unpaired) electrons. The van der Waals surface area contributed by atoms with E-state index in [0.717, 1.165) is 16.7 Å². The molecule has 0 N–H and O–H groups in total. The summed E-state index contributed by atoms with van der Waals surface area (Å²) >= 11 is 0. The van der Waals surface area contributed by atoms with Crippen LogP contribution in [0.1, 0.15) is 23.9 Å². The quantitative estimate of drug-likeness (QED) is 0.442. The second-order valence-corrected chi connectivity index (χ2v) is 5.68. The van der Waals surface area contributed by atoms with Crippen LogP contribution in [0, 0.1) is 6.92 Å². The van der Waals surface area contributed by atoms with E-state index in [4.69, 9.17) is 18.8 Å². The van der Waals surface area contributed by atoms with Crippen LogP contribution in [0.3, 0.4) is 0 Å². The van der Waals surface area contributed by atoms with Gasteiger partial charge in [0, 0.05) is 11.1 Å². The van der Waals surface area contributed by atoms with Gasteiger partial charge in [-0.05, 0) is 37.6 Å². The van der Waals surface area contributed by atoms with Gasteiger partial charge in [0.25, 0.3) is 5.89 Å². The molecule has 0 aliphatic heterocycles. The van der Waals surface area contributed by atoms with Crippen molar-refractivity contribution in [2.45, 2.75) is 20.5 Å². The molecule has 3 aromatic rings. The summed E-state index contributed by atoms with van der Waals surface area (Å²) < 4.78 is 16.0. The largest absolute Gasteiger partial charge is 0.493 e. The van der Waals surface area contributed by atoms with E-state index in [1.54, 1.807) is 13.3 Å². The van der Waals surface area contributed by atoms with Gasteiger partial charge < -0.3 is 18.8 Å². The van der Waals surface area contributed by atoms with Gasteiger partial charge in [-0.1, -0.05) is 34.6 Å². The van der Waals surface area contributed by atoms with E-state index >= 15 is 0 Å². The molecule has 0 saturated heterocycles. The Morgan fingerprint density at radius 3 is 2.78 bits per heavy atom. The van der Waals surface area contributed by atoms with Crippen LogP contribution in [-0.4, -0.2) is 30.1 Å². The number of aryl methyl sites for hydroxylation is 1. The maximum atomic E-state index is 5.49. The number of rotatable bonds is 8. The van der Waals surface area contributed by atoms with E-state index in [9.17, 15) is 0 Å². The maximum Gasteiger partial charge on any atom is 0.267 e. The normalized spacial score (nSPS) is 10.9. The zero-order valence-corrected chi connectivity index (χ0v) is 15.5. The zero-order valence-electron chi connectivity index (χ0n) is 15.5. The van der Waals surface area contributed by atoms with Crippen molar-refractivity contribution in [2.24, 2.45) is 5.16 Å². The Hall–Kier alpha value is -3.35. The van der Waals surface area contributed by atoms with Crippen molar-refractivity contribution in [2.75, 3.05) is 13.7 Å². The smallest absolute Gasteiger partial charge is 0.267 e. The number of hydrogen-bond donors (Lipinski definition) is 0. The molecule has 0 aliphatic carbocycles. The molecule has 0 fully saturated rings. The monoisotopic (exact) mass is 367 g/mol. The first-order valence-electron chi connectivity index (χ1n) is 8.56. The molecule has 3 rings (SSSR count). The first-order chi connectivity index (χ1) is 13.2. The van der Waals surface area contributed by atoms with Gasteiger partial charge in [-0.2, -0.15) is 4.98 Å². The molecule has 0 aliphatic rings. The predicted molar refractivity (Wildman–Crippen MR) is 101 cm³/mol. The molecule has 0 atom stereocenters. The van der Waals surface area contributed by atoms with Gasteiger partial charge in [-0.3, -0.25) is 0 Å². The fourth-order valence-electron chi connectivity index (χ4n) is 2.48. The minimum Gasteiger partial charge on any atom is -0.493 e. The summed E-state index contributed by atoms with van der Waals surface area (Å²) in [4.78, 5) is 9.59. The Morgan fingerprint density at radius 2 is 2.00 bits per heavy atom. The van der Waals surface area contributed by atoms with E-state index in [-0.39, 0.29) is 6.61 Å². The lowest BCUT2D eigenvalue weighted by Crippen LogP contribution is -1.96. The van der Waals surface area contributed by atoms with E-state index < -0.39 is 0 Å². The molecule has 0 saturated carbocycles. The van der Waals surface area contributed by atoms with Crippen molar-refractivity contribution in [1.29, 1.82) is 0 Å². The second kappa shape index (κ2) is 8.84. The molecule has 1 aromatic heterocycles. The van der Waals surface area contributed by atoms with Crippen LogP contribution in [0.2, 0.25) is 0 Å². The maximum absolute atomic E-state index is 5.49. The lowest BCUT2D eigenvalue weighted by atomic mass is 10.1. The highest BCUT2D eigenvalue weighted by molar-refractivity contribution is 5.80. The van der Waals surface area contributed by atoms with Crippen molar-refractivity contribution in [3.8, 4) is 22.9 Å². The van der Waals surface area contributed by atoms with Crippen LogP contribution >= 0.6 is 0 Å². The third kappa shape index (κ3) is 4.63. The highest BCUT2D eigenvalue weighted by atomic mass is 16.6. The van der Waals surface area contributed by atoms with Crippen LogP contribution < -0.4 is 9.47 Å². The van der Waals surface area contributed by atoms with Gasteiger partial charge in [-0.25, -0.2) is 0 Å². The lowest BCUT2D eigenvalue weighted by Gasteiger charge is -2.09. The summed E-state index contributed by atoms with van der Waals surface area (Å²) in [5, 5.41) is 7.92. The van der Waals surface area contributed by atoms with Crippen molar-refractivity contribution in [1.82, 2.24) is 10.1 Å². The van der Waals surface area contributed by atoms with Crippen molar-refractivity contribution in [3.63, 3.8) is 0 Å². The highest BCUT2D eigenvalue weighted by Gasteiger charge is 2.10. The summed E-state index contributed by atoms with van der Waals surface area (Å²) in [6, 6.07) is 13.4. The third-order valence-electron chi connectivity index (χ3n) is 3.81. The molecule has 0 unspecified atom stereocenters. The van der Waals surface area contributed by atoms with E-state index in [2.05, 4.69) is 15.3 Å². The summed E-state index contributed by atoms with van der Waals surface area (Å²) in [6.45, 7) is 4.58. The molecular formula is C20H21N3O4. The van der Waals surface area contributed by atoms with Crippen molar-refractivity contribution < 1.29 is 18.8 Å². The summed E-state index contributed by atoms with van der Waals surface area (Å²) in [7, 11) is 1.59. The number of methoxy groups -OCH3 is 1. The Bertz CT molecular complexity index is 921. The zero-order chi connectivity index (χ0) is 19.1. The SMILES string of the molecule is CCOc1ccc(/C=N\OCc2nc(-c3ccccc3C)no2)cc1OC. The van der Waals surface area contributed by atoms with Gasteiger partial charge in [-0.15, -0.1) is 0 Å². The number of hydrogen-bond acceptors (Lipinski definition) is 7. The van der Waals surface area contributed by atoms with Crippen LogP contribution in [-0.2, 0) is 11.4 Å². The average molecular weight is 367 g/mol. The van der Waals surface area contributed by atoms with Crippen LogP contribution in [0.15, 0.2) is 52.1 Å². The Labute approximate surface area is 157 Å². The summed E-state index contributed by atoms with van der Waals surface area (Å²) in [5.74, 6) is 2.22. The van der Waals surface area contributed by atoms with Gasteiger partial charge >= 0.3 is 0 Å². The molecule has 140 valence electrons. The summed E-state index contributed by atoms with van der Waals surface area (Å²) in [6.07, 6.45) is 1.58. The van der Waals surface area contributed by atoms with Crippen molar-refractivity contribution in [3.05, 3.63) is 59.5 Å². The van der Waals surface area contributed by atoms with Gasteiger partial charge in [0.15, 0.2) is 18.1 Å². The van der Waals surface area contributed by atoms with Crippen LogP contribution in [0.25, 0.3) is 11.4 Å². The molecule has 7 heteroatoms. The molecule has 7 nitrogen and oxygen atoms in total. The number of nitrogens with zero attached hydrogens (tertiary/aromatic N) is 3. The topological polar surface area (TPSA) is 79.0 Å².